The van der Waals surface area contributed by atoms with Crippen LogP contribution in [0.1, 0.15) is 51.0 Å². The molecule has 0 bridgehead atoms. The lowest BCUT2D eigenvalue weighted by Gasteiger charge is -2.39. The SMILES string of the molecule is CC(O)(CC(=O)N1CCCC2CCCC21)c1ccccc1. The third-order valence-corrected chi connectivity index (χ3v) is 5.20. The fourth-order valence-electron chi connectivity index (χ4n) is 4.06. The standard InChI is InChI=1S/C18H25NO2/c1-18(21,15-9-3-2-4-10-15)13-17(20)19-12-6-8-14-7-5-11-16(14)19/h2-4,9-10,14,16,21H,5-8,11-13H2,1H3. The van der Waals surface area contributed by atoms with E-state index in [0.29, 0.717) is 12.0 Å². The first-order chi connectivity index (χ1) is 10.1. The lowest BCUT2D eigenvalue weighted by atomic mass is 9.88. The second-order valence-corrected chi connectivity index (χ2v) is 6.80. The van der Waals surface area contributed by atoms with Crippen molar-refractivity contribution in [3.8, 4) is 0 Å². The molecule has 3 rings (SSSR count). The molecule has 3 nitrogen and oxygen atoms in total. The first-order valence-corrected chi connectivity index (χ1v) is 8.15. The van der Waals surface area contributed by atoms with Gasteiger partial charge in [-0.2, -0.15) is 0 Å². The Morgan fingerprint density at radius 1 is 1.24 bits per heavy atom. The monoisotopic (exact) mass is 287 g/mol. The van der Waals surface area contributed by atoms with Crippen LogP contribution in [0.15, 0.2) is 30.3 Å². The van der Waals surface area contributed by atoms with Crippen molar-refractivity contribution in [2.24, 2.45) is 5.92 Å². The summed E-state index contributed by atoms with van der Waals surface area (Å²) in [6.45, 7) is 2.61. The molecule has 1 amide bonds. The van der Waals surface area contributed by atoms with E-state index in [2.05, 4.69) is 4.90 Å². The summed E-state index contributed by atoms with van der Waals surface area (Å²) in [7, 11) is 0. The van der Waals surface area contributed by atoms with Gasteiger partial charge in [0.1, 0.15) is 0 Å². The van der Waals surface area contributed by atoms with E-state index in [0.717, 1.165) is 24.9 Å². The van der Waals surface area contributed by atoms with Crippen LogP contribution in [-0.2, 0) is 10.4 Å². The molecule has 0 radical (unpaired) electrons. The van der Waals surface area contributed by atoms with Crippen LogP contribution in [-0.4, -0.2) is 28.5 Å². The van der Waals surface area contributed by atoms with Gasteiger partial charge in [-0.05, 0) is 44.1 Å². The van der Waals surface area contributed by atoms with Crippen molar-refractivity contribution >= 4 is 5.91 Å². The fourth-order valence-corrected chi connectivity index (χ4v) is 4.06. The van der Waals surface area contributed by atoms with Crippen LogP contribution < -0.4 is 0 Å². The number of nitrogens with zero attached hydrogens (tertiary/aromatic N) is 1. The van der Waals surface area contributed by atoms with Gasteiger partial charge in [-0.15, -0.1) is 0 Å². The van der Waals surface area contributed by atoms with Gasteiger partial charge in [-0.25, -0.2) is 0 Å². The molecule has 3 unspecified atom stereocenters. The largest absolute Gasteiger partial charge is 0.385 e. The number of likely N-dealkylation sites (tertiary alicyclic amines) is 1. The Morgan fingerprint density at radius 2 is 1.95 bits per heavy atom. The average Bonchev–Trinajstić information content (AvgIpc) is 2.96. The number of piperidine rings is 1. The summed E-state index contributed by atoms with van der Waals surface area (Å²) in [5, 5.41) is 10.7. The summed E-state index contributed by atoms with van der Waals surface area (Å²) in [5.41, 5.74) is -0.262. The average molecular weight is 287 g/mol. The molecule has 3 heteroatoms. The summed E-state index contributed by atoms with van der Waals surface area (Å²) in [6, 6.07) is 9.95. The van der Waals surface area contributed by atoms with Gasteiger partial charge in [-0.3, -0.25) is 4.79 Å². The number of rotatable bonds is 3. The van der Waals surface area contributed by atoms with E-state index in [1.54, 1.807) is 6.92 Å². The minimum Gasteiger partial charge on any atom is -0.385 e. The molecule has 1 aliphatic heterocycles. The molecule has 2 fully saturated rings. The van der Waals surface area contributed by atoms with E-state index in [-0.39, 0.29) is 12.3 Å². The highest BCUT2D eigenvalue weighted by Gasteiger charge is 2.39. The van der Waals surface area contributed by atoms with Crippen molar-refractivity contribution in [1.29, 1.82) is 0 Å². The van der Waals surface area contributed by atoms with E-state index < -0.39 is 5.60 Å². The Labute approximate surface area is 127 Å². The number of hydrogen-bond donors (Lipinski definition) is 1. The highest BCUT2D eigenvalue weighted by molar-refractivity contribution is 5.78. The zero-order chi connectivity index (χ0) is 14.9. The van der Waals surface area contributed by atoms with Crippen LogP contribution in [0.5, 0.6) is 0 Å². The van der Waals surface area contributed by atoms with E-state index in [1.807, 2.05) is 30.3 Å². The van der Waals surface area contributed by atoms with E-state index in [4.69, 9.17) is 0 Å². The Hall–Kier alpha value is -1.35. The van der Waals surface area contributed by atoms with Crippen LogP contribution in [0, 0.1) is 5.92 Å². The number of hydrogen-bond acceptors (Lipinski definition) is 2. The van der Waals surface area contributed by atoms with Crippen molar-refractivity contribution in [2.75, 3.05) is 6.54 Å². The molecule has 1 aliphatic carbocycles. The zero-order valence-corrected chi connectivity index (χ0v) is 12.8. The van der Waals surface area contributed by atoms with Gasteiger partial charge in [0.2, 0.25) is 5.91 Å². The lowest BCUT2D eigenvalue weighted by molar-refractivity contribution is -0.141. The molecule has 2 aliphatic rings. The number of fused-ring (bicyclic) bond motifs is 1. The normalized spacial score (nSPS) is 28.0. The van der Waals surface area contributed by atoms with Crippen molar-refractivity contribution < 1.29 is 9.90 Å². The summed E-state index contributed by atoms with van der Waals surface area (Å²) < 4.78 is 0. The Morgan fingerprint density at radius 3 is 2.71 bits per heavy atom. The summed E-state index contributed by atoms with van der Waals surface area (Å²) in [5.74, 6) is 0.810. The third-order valence-electron chi connectivity index (χ3n) is 5.20. The predicted molar refractivity (Wildman–Crippen MR) is 82.7 cm³/mol. The molecule has 21 heavy (non-hydrogen) atoms. The van der Waals surface area contributed by atoms with Gasteiger partial charge < -0.3 is 10.0 Å². The van der Waals surface area contributed by atoms with Crippen molar-refractivity contribution in [1.82, 2.24) is 4.90 Å². The van der Waals surface area contributed by atoms with E-state index in [9.17, 15) is 9.90 Å². The number of carbonyl (C=O) groups is 1. The quantitative estimate of drug-likeness (QED) is 0.928. The van der Waals surface area contributed by atoms with Crippen LogP contribution >= 0.6 is 0 Å². The second-order valence-electron chi connectivity index (χ2n) is 6.80. The van der Waals surface area contributed by atoms with E-state index in [1.165, 1.54) is 19.3 Å². The molecular formula is C18H25NO2. The molecule has 1 heterocycles. The fraction of sp³-hybridized carbons (Fsp3) is 0.611. The number of carbonyl (C=O) groups excluding carboxylic acids is 1. The highest BCUT2D eigenvalue weighted by Crippen LogP contribution is 2.38. The molecule has 0 aromatic heterocycles. The topological polar surface area (TPSA) is 40.5 Å². The van der Waals surface area contributed by atoms with Gasteiger partial charge in [0.05, 0.1) is 12.0 Å². The van der Waals surface area contributed by atoms with Gasteiger partial charge in [0, 0.05) is 12.6 Å². The maximum Gasteiger partial charge on any atom is 0.226 e. The molecule has 1 aromatic carbocycles. The maximum atomic E-state index is 12.7. The number of benzene rings is 1. The molecule has 114 valence electrons. The highest BCUT2D eigenvalue weighted by atomic mass is 16.3. The Bertz CT molecular complexity index is 497. The van der Waals surface area contributed by atoms with Crippen molar-refractivity contribution in [3.63, 3.8) is 0 Å². The van der Waals surface area contributed by atoms with Crippen LogP contribution in [0.2, 0.25) is 0 Å². The molecule has 3 atom stereocenters. The number of amides is 1. The van der Waals surface area contributed by atoms with Crippen molar-refractivity contribution in [3.05, 3.63) is 35.9 Å². The molecule has 1 aromatic rings. The minimum absolute atomic E-state index is 0.112. The number of aliphatic hydroxyl groups is 1. The Kier molecular flexibility index (Phi) is 4.03. The minimum atomic E-state index is -1.08. The molecular weight excluding hydrogens is 262 g/mol. The third kappa shape index (κ3) is 2.98. The van der Waals surface area contributed by atoms with Gasteiger partial charge in [-0.1, -0.05) is 36.8 Å². The van der Waals surface area contributed by atoms with Crippen molar-refractivity contribution in [2.45, 2.75) is 57.1 Å². The molecule has 1 N–H and O–H groups in total. The van der Waals surface area contributed by atoms with E-state index >= 15 is 0 Å². The first kappa shape index (κ1) is 14.6. The summed E-state index contributed by atoms with van der Waals surface area (Å²) in [4.78, 5) is 14.7. The first-order valence-electron chi connectivity index (χ1n) is 8.15. The van der Waals surface area contributed by atoms with Gasteiger partial charge >= 0.3 is 0 Å². The predicted octanol–water partition coefficient (Wildman–Crippen LogP) is 3.08. The Balaban J connectivity index is 1.71. The van der Waals surface area contributed by atoms with Crippen LogP contribution in [0.25, 0.3) is 0 Å². The van der Waals surface area contributed by atoms with Gasteiger partial charge in [0.15, 0.2) is 0 Å². The van der Waals surface area contributed by atoms with Gasteiger partial charge in [0.25, 0.3) is 0 Å². The van der Waals surface area contributed by atoms with Crippen LogP contribution in [0.4, 0.5) is 0 Å². The molecule has 1 saturated heterocycles. The maximum absolute atomic E-state index is 12.7. The lowest BCUT2D eigenvalue weighted by Crippen LogP contribution is -2.47. The second kappa shape index (κ2) is 5.80. The summed E-state index contributed by atoms with van der Waals surface area (Å²) in [6.07, 6.45) is 6.21. The molecule has 0 spiro atoms. The zero-order valence-electron chi connectivity index (χ0n) is 12.8. The smallest absolute Gasteiger partial charge is 0.226 e. The van der Waals surface area contributed by atoms with Crippen LogP contribution in [0.3, 0.4) is 0 Å². The summed E-state index contributed by atoms with van der Waals surface area (Å²) >= 11 is 0. The molecule has 1 saturated carbocycles.